The van der Waals surface area contributed by atoms with Crippen LogP contribution in [0.5, 0.6) is 0 Å². The van der Waals surface area contributed by atoms with Gasteiger partial charge in [0, 0.05) is 17.8 Å². The molecule has 14 heavy (non-hydrogen) atoms. The standard InChI is InChI=1S/C11H16N2S/c1-2-14-11-9(5-3-8-13-11)10-6-4-7-12-10/h3,5,8,10,12H,2,4,6-7H2,1H3/t10-/m1/s1. The second kappa shape index (κ2) is 4.80. The third kappa shape index (κ3) is 2.10. The molecule has 1 aliphatic rings. The number of thioether (sulfide) groups is 1. The van der Waals surface area contributed by atoms with Gasteiger partial charge >= 0.3 is 0 Å². The minimum atomic E-state index is 0.540. The van der Waals surface area contributed by atoms with Crippen LogP contribution in [0.15, 0.2) is 23.4 Å². The minimum Gasteiger partial charge on any atom is -0.310 e. The monoisotopic (exact) mass is 208 g/mol. The van der Waals surface area contributed by atoms with E-state index in [2.05, 4.69) is 23.3 Å². The summed E-state index contributed by atoms with van der Waals surface area (Å²) in [5.41, 5.74) is 1.39. The summed E-state index contributed by atoms with van der Waals surface area (Å²) in [4.78, 5) is 4.44. The van der Waals surface area contributed by atoms with Gasteiger partial charge in [-0.05, 0) is 31.2 Å². The van der Waals surface area contributed by atoms with Crippen LogP contribution < -0.4 is 5.32 Å². The summed E-state index contributed by atoms with van der Waals surface area (Å²) >= 11 is 1.84. The third-order valence-electron chi connectivity index (χ3n) is 2.52. The molecule has 0 amide bonds. The van der Waals surface area contributed by atoms with Gasteiger partial charge in [-0.3, -0.25) is 0 Å². The fourth-order valence-corrected chi connectivity index (χ4v) is 2.66. The predicted molar refractivity (Wildman–Crippen MR) is 60.6 cm³/mol. The Kier molecular flexibility index (Phi) is 3.43. The first-order valence-corrected chi connectivity index (χ1v) is 6.21. The first-order valence-electron chi connectivity index (χ1n) is 5.23. The SMILES string of the molecule is CCSc1ncccc1[C@H]1CCCN1. The van der Waals surface area contributed by atoms with Crippen LogP contribution in [0, 0.1) is 0 Å². The summed E-state index contributed by atoms with van der Waals surface area (Å²) < 4.78 is 0. The molecule has 0 aliphatic carbocycles. The highest BCUT2D eigenvalue weighted by Gasteiger charge is 2.19. The number of aromatic nitrogens is 1. The van der Waals surface area contributed by atoms with E-state index in [-0.39, 0.29) is 0 Å². The van der Waals surface area contributed by atoms with E-state index in [4.69, 9.17) is 0 Å². The van der Waals surface area contributed by atoms with Crippen LogP contribution in [0.2, 0.25) is 0 Å². The van der Waals surface area contributed by atoms with Crippen LogP contribution >= 0.6 is 11.8 Å². The average Bonchev–Trinajstić information content (AvgIpc) is 2.72. The second-order valence-electron chi connectivity index (χ2n) is 3.48. The number of rotatable bonds is 3. The average molecular weight is 208 g/mol. The van der Waals surface area contributed by atoms with Gasteiger partial charge in [0.25, 0.3) is 0 Å². The molecule has 0 unspecified atom stereocenters. The lowest BCUT2D eigenvalue weighted by Gasteiger charge is -2.13. The summed E-state index contributed by atoms with van der Waals surface area (Å²) in [6.07, 6.45) is 4.43. The Balaban J connectivity index is 2.21. The molecule has 1 atom stereocenters. The third-order valence-corrected chi connectivity index (χ3v) is 3.42. The summed E-state index contributed by atoms with van der Waals surface area (Å²) in [6, 6.07) is 4.78. The van der Waals surface area contributed by atoms with Crippen molar-refractivity contribution in [3.8, 4) is 0 Å². The molecular weight excluding hydrogens is 192 g/mol. The molecule has 0 saturated carbocycles. The van der Waals surface area contributed by atoms with E-state index in [9.17, 15) is 0 Å². The Labute approximate surface area is 89.5 Å². The molecule has 1 fully saturated rings. The highest BCUT2D eigenvalue weighted by Crippen LogP contribution is 2.29. The van der Waals surface area contributed by atoms with Crippen molar-refractivity contribution < 1.29 is 0 Å². The van der Waals surface area contributed by atoms with E-state index >= 15 is 0 Å². The van der Waals surface area contributed by atoms with Crippen LogP contribution in [-0.2, 0) is 0 Å². The lowest BCUT2D eigenvalue weighted by molar-refractivity contribution is 0.629. The molecule has 1 saturated heterocycles. The molecule has 1 aromatic heterocycles. The number of pyridine rings is 1. The second-order valence-corrected chi connectivity index (χ2v) is 4.73. The van der Waals surface area contributed by atoms with Crippen molar-refractivity contribution in [2.24, 2.45) is 0 Å². The van der Waals surface area contributed by atoms with Crippen molar-refractivity contribution >= 4 is 11.8 Å². The molecule has 0 radical (unpaired) electrons. The first-order chi connectivity index (χ1) is 6.92. The fraction of sp³-hybridized carbons (Fsp3) is 0.545. The zero-order valence-electron chi connectivity index (χ0n) is 8.49. The summed E-state index contributed by atoms with van der Waals surface area (Å²) in [5.74, 6) is 1.09. The van der Waals surface area contributed by atoms with Crippen LogP contribution in [0.1, 0.15) is 31.4 Å². The van der Waals surface area contributed by atoms with E-state index in [1.807, 2.05) is 24.0 Å². The van der Waals surface area contributed by atoms with Crippen LogP contribution in [0.3, 0.4) is 0 Å². The maximum atomic E-state index is 4.44. The van der Waals surface area contributed by atoms with Crippen LogP contribution in [0.25, 0.3) is 0 Å². The Bertz CT molecular complexity index is 295. The fourth-order valence-electron chi connectivity index (χ4n) is 1.88. The van der Waals surface area contributed by atoms with Gasteiger partial charge in [0.05, 0.1) is 0 Å². The molecule has 2 heterocycles. The topological polar surface area (TPSA) is 24.9 Å². The van der Waals surface area contributed by atoms with Crippen molar-refractivity contribution in [3.05, 3.63) is 23.9 Å². The molecule has 1 N–H and O–H groups in total. The predicted octanol–water partition coefficient (Wildman–Crippen LogP) is 2.62. The molecule has 1 aliphatic heterocycles. The van der Waals surface area contributed by atoms with Gasteiger partial charge < -0.3 is 5.32 Å². The minimum absolute atomic E-state index is 0.540. The number of nitrogens with zero attached hydrogens (tertiary/aromatic N) is 1. The van der Waals surface area contributed by atoms with E-state index in [1.165, 1.54) is 23.4 Å². The molecule has 1 aromatic rings. The van der Waals surface area contributed by atoms with Gasteiger partial charge in [0.2, 0.25) is 0 Å². The maximum Gasteiger partial charge on any atom is 0.101 e. The first kappa shape index (κ1) is 9.99. The zero-order valence-corrected chi connectivity index (χ0v) is 9.31. The van der Waals surface area contributed by atoms with E-state index < -0.39 is 0 Å². The van der Waals surface area contributed by atoms with Crippen LogP contribution in [0.4, 0.5) is 0 Å². The number of hydrogen-bond donors (Lipinski definition) is 1. The Morgan fingerprint density at radius 1 is 1.64 bits per heavy atom. The Morgan fingerprint density at radius 2 is 2.57 bits per heavy atom. The molecule has 0 bridgehead atoms. The highest BCUT2D eigenvalue weighted by atomic mass is 32.2. The highest BCUT2D eigenvalue weighted by molar-refractivity contribution is 7.99. The largest absolute Gasteiger partial charge is 0.310 e. The van der Waals surface area contributed by atoms with Crippen molar-refractivity contribution in [3.63, 3.8) is 0 Å². The van der Waals surface area contributed by atoms with Crippen molar-refractivity contribution in [2.45, 2.75) is 30.8 Å². The summed E-state index contributed by atoms with van der Waals surface area (Å²) in [5, 5.41) is 4.72. The lowest BCUT2D eigenvalue weighted by atomic mass is 10.1. The summed E-state index contributed by atoms with van der Waals surface area (Å²) in [7, 11) is 0. The molecule has 2 nitrogen and oxygen atoms in total. The maximum absolute atomic E-state index is 4.44. The normalized spacial score (nSPS) is 21.4. The molecular formula is C11H16N2S. The zero-order chi connectivity index (χ0) is 9.80. The van der Waals surface area contributed by atoms with E-state index in [0.29, 0.717) is 6.04 Å². The molecule has 0 spiro atoms. The van der Waals surface area contributed by atoms with Gasteiger partial charge in [-0.25, -0.2) is 4.98 Å². The quantitative estimate of drug-likeness (QED) is 0.773. The van der Waals surface area contributed by atoms with Crippen molar-refractivity contribution in [2.75, 3.05) is 12.3 Å². The van der Waals surface area contributed by atoms with Gasteiger partial charge in [0.15, 0.2) is 0 Å². The van der Waals surface area contributed by atoms with Crippen molar-refractivity contribution in [1.82, 2.24) is 10.3 Å². The van der Waals surface area contributed by atoms with Crippen LogP contribution in [-0.4, -0.2) is 17.3 Å². The number of hydrogen-bond acceptors (Lipinski definition) is 3. The van der Waals surface area contributed by atoms with Gasteiger partial charge in [-0.2, -0.15) is 0 Å². The molecule has 76 valence electrons. The summed E-state index contributed by atoms with van der Waals surface area (Å²) in [6.45, 7) is 3.32. The van der Waals surface area contributed by atoms with E-state index in [0.717, 1.165) is 12.3 Å². The van der Waals surface area contributed by atoms with Gasteiger partial charge in [-0.1, -0.05) is 13.0 Å². The smallest absolute Gasteiger partial charge is 0.101 e. The number of nitrogens with one attached hydrogen (secondary N) is 1. The van der Waals surface area contributed by atoms with Gasteiger partial charge in [0.1, 0.15) is 5.03 Å². The molecule has 3 heteroatoms. The molecule has 0 aromatic carbocycles. The van der Waals surface area contributed by atoms with Gasteiger partial charge in [-0.15, -0.1) is 11.8 Å². The Hall–Kier alpha value is -0.540. The lowest BCUT2D eigenvalue weighted by Crippen LogP contribution is -2.14. The molecule has 2 rings (SSSR count). The Morgan fingerprint density at radius 3 is 3.29 bits per heavy atom. The van der Waals surface area contributed by atoms with E-state index in [1.54, 1.807) is 0 Å². The van der Waals surface area contributed by atoms with Crippen molar-refractivity contribution in [1.29, 1.82) is 0 Å².